The molecular formula is C15H14N2O4. The van der Waals surface area contributed by atoms with E-state index in [0.717, 1.165) is 11.6 Å². The van der Waals surface area contributed by atoms with Gasteiger partial charge < -0.3 is 9.84 Å². The fourth-order valence-corrected chi connectivity index (χ4v) is 1.80. The Morgan fingerprint density at radius 2 is 2.19 bits per heavy atom. The van der Waals surface area contributed by atoms with Crippen LogP contribution in [0.15, 0.2) is 41.2 Å². The number of nitrogens with one attached hydrogen (secondary N) is 1. The minimum Gasteiger partial charge on any atom is -0.493 e. The SMILES string of the molecule is CCOc1ccccc1-c1cc(/C=C/C(=O)O)c(=O)[nH]n1. The molecule has 0 radical (unpaired) electrons. The smallest absolute Gasteiger partial charge is 0.328 e. The van der Waals surface area contributed by atoms with Gasteiger partial charge in [-0.3, -0.25) is 4.79 Å². The Bertz CT molecular complexity index is 734. The van der Waals surface area contributed by atoms with Crippen molar-refractivity contribution in [1.29, 1.82) is 0 Å². The van der Waals surface area contributed by atoms with Crippen molar-refractivity contribution in [2.24, 2.45) is 0 Å². The first-order chi connectivity index (χ1) is 10.1. The van der Waals surface area contributed by atoms with Gasteiger partial charge in [0.15, 0.2) is 0 Å². The van der Waals surface area contributed by atoms with Crippen molar-refractivity contribution in [1.82, 2.24) is 10.2 Å². The molecular weight excluding hydrogens is 272 g/mol. The summed E-state index contributed by atoms with van der Waals surface area (Å²) in [6.07, 6.45) is 2.14. The highest BCUT2D eigenvalue weighted by atomic mass is 16.5. The third-order valence-corrected chi connectivity index (χ3v) is 2.70. The molecule has 2 rings (SSSR count). The van der Waals surface area contributed by atoms with Gasteiger partial charge in [-0.1, -0.05) is 12.1 Å². The molecule has 0 fully saturated rings. The third-order valence-electron chi connectivity index (χ3n) is 2.70. The molecule has 1 aromatic heterocycles. The van der Waals surface area contributed by atoms with Crippen LogP contribution in [0.3, 0.4) is 0 Å². The Balaban J connectivity index is 2.48. The second-order valence-corrected chi connectivity index (χ2v) is 4.14. The number of hydrogen-bond donors (Lipinski definition) is 2. The molecule has 0 saturated heterocycles. The first-order valence-corrected chi connectivity index (χ1v) is 6.34. The van der Waals surface area contributed by atoms with Gasteiger partial charge in [0, 0.05) is 17.2 Å². The molecule has 2 N–H and O–H groups in total. The van der Waals surface area contributed by atoms with E-state index in [1.165, 1.54) is 12.1 Å². The Morgan fingerprint density at radius 1 is 1.43 bits per heavy atom. The van der Waals surface area contributed by atoms with Gasteiger partial charge in [-0.05, 0) is 31.2 Å². The third kappa shape index (κ3) is 3.56. The van der Waals surface area contributed by atoms with E-state index in [1.54, 1.807) is 6.07 Å². The molecule has 21 heavy (non-hydrogen) atoms. The van der Waals surface area contributed by atoms with E-state index in [2.05, 4.69) is 10.2 Å². The molecule has 0 aliphatic carbocycles. The fourth-order valence-electron chi connectivity index (χ4n) is 1.80. The Morgan fingerprint density at radius 3 is 2.90 bits per heavy atom. The Hall–Kier alpha value is -2.89. The number of aliphatic carboxylic acids is 1. The van der Waals surface area contributed by atoms with Gasteiger partial charge in [-0.2, -0.15) is 5.10 Å². The lowest BCUT2D eigenvalue weighted by atomic mass is 10.1. The highest BCUT2D eigenvalue weighted by molar-refractivity contribution is 5.85. The molecule has 0 aliphatic heterocycles. The van der Waals surface area contributed by atoms with Crippen LogP contribution in [0.1, 0.15) is 12.5 Å². The summed E-state index contributed by atoms with van der Waals surface area (Å²) in [5.41, 5.74) is 0.989. The van der Waals surface area contributed by atoms with Crippen molar-refractivity contribution in [2.45, 2.75) is 6.92 Å². The highest BCUT2D eigenvalue weighted by Crippen LogP contribution is 2.28. The summed E-state index contributed by atoms with van der Waals surface area (Å²) in [6, 6.07) is 8.81. The maximum atomic E-state index is 11.6. The average molecular weight is 286 g/mol. The van der Waals surface area contributed by atoms with Crippen LogP contribution in [0.4, 0.5) is 0 Å². The largest absolute Gasteiger partial charge is 0.493 e. The van der Waals surface area contributed by atoms with E-state index in [4.69, 9.17) is 9.84 Å². The maximum absolute atomic E-state index is 11.6. The Kier molecular flexibility index (Phi) is 4.50. The van der Waals surface area contributed by atoms with Gasteiger partial charge in [0.25, 0.3) is 5.56 Å². The number of hydrogen-bond acceptors (Lipinski definition) is 4. The van der Waals surface area contributed by atoms with Gasteiger partial charge in [-0.15, -0.1) is 0 Å². The molecule has 1 heterocycles. The van der Waals surface area contributed by atoms with Crippen LogP contribution in [-0.4, -0.2) is 27.9 Å². The average Bonchev–Trinajstić information content (AvgIpc) is 2.47. The summed E-state index contributed by atoms with van der Waals surface area (Å²) in [5.74, 6) is -0.477. The van der Waals surface area contributed by atoms with Crippen LogP contribution in [0.5, 0.6) is 5.75 Å². The van der Waals surface area contributed by atoms with E-state index in [-0.39, 0.29) is 5.56 Å². The van der Waals surface area contributed by atoms with Crippen molar-refractivity contribution in [3.63, 3.8) is 0 Å². The number of aromatic nitrogens is 2. The molecule has 1 aromatic carbocycles. The lowest BCUT2D eigenvalue weighted by Gasteiger charge is -2.09. The molecule has 6 heteroatoms. The highest BCUT2D eigenvalue weighted by Gasteiger charge is 2.09. The van der Waals surface area contributed by atoms with Crippen molar-refractivity contribution in [3.05, 3.63) is 52.3 Å². The van der Waals surface area contributed by atoms with Gasteiger partial charge in [0.2, 0.25) is 0 Å². The van der Waals surface area contributed by atoms with Gasteiger partial charge >= 0.3 is 5.97 Å². The monoisotopic (exact) mass is 286 g/mol. The molecule has 0 amide bonds. The second kappa shape index (κ2) is 6.51. The summed E-state index contributed by atoms with van der Waals surface area (Å²) in [6.45, 7) is 2.38. The number of carboxylic acids is 1. The summed E-state index contributed by atoms with van der Waals surface area (Å²) in [5, 5.41) is 15.0. The van der Waals surface area contributed by atoms with Crippen LogP contribution in [0.25, 0.3) is 17.3 Å². The maximum Gasteiger partial charge on any atom is 0.328 e. The number of aromatic amines is 1. The number of carbonyl (C=O) groups is 1. The minimum absolute atomic E-state index is 0.216. The van der Waals surface area contributed by atoms with E-state index >= 15 is 0 Å². The van der Waals surface area contributed by atoms with Crippen molar-refractivity contribution in [2.75, 3.05) is 6.61 Å². The standard InChI is InChI=1S/C15H14N2O4/c1-2-21-13-6-4-3-5-11(13)12-9-10(7-8-14(18)19)15(20)17-16-12/h3-9H,2H2,1H3,(H,17,20)(H,18,19)/b8-7+. The van der Waals surface area contributed by atoms with Crippen LogP contribution in [0.2, 0.25) is 0 Å². The summed E-state index contributed by atoms with van der Waals surface area (Å²) < 4.78 is 5.52. The number of nitrogens with zero attached hydrogens (tertiary/aromatic N) is 1. The van der Waals surface area contributed by atoms with Crippen LogP contribution >= 0.6 is 0 Å². The van der Waals surface area contributed by atoms with Gasteiger partial charge in [0.1, 0.15) is 5.75 Å². The molecule has 0 bridgehead atoms. The molecule has 108 valence electrons. The number of benzene rings is 1. The van der Waals surface area contributed by atoms with E-state index in [1.807, 2.05) is 25.1 Å². The Labute approximate surface area is 120 Å². The van der Waals surface area contributed by atoms with E-state index < -0.39 is 11.5 Å². The number of para-hydroxylation sites is 1. The first-order valence-electron chi connectivity index (χ1n) is 6.34. The second-order valence-electron chi connectivity index (χ2n) is 4.14. The lowest BCUT2D eigenvalue weighted by Crippen LogP contribution is -2.12. The quantitative estimate of drug-likeness (QED) is 0.819. The molecule has 0 spiro atoms. The van der Waals surface area contributed by atoms with Gasteiger partial charge in [0.05, 0.1) is 12.3 Å². The lowest BCUT2D eigenvalue weighted by molar-refractivity contribution is -0.131. The summed E-state index contributed by atoms with van der Waals surface area (Å²) >= 11 is 0. The minimum atomic E-state index is -1.12. The van der Waals surface area contributed by atoms with Crippen molar-refractivity contribution >= 4 is 12.0 Å². The zero-order chi connectivity index (χ0) is 15.2. The summed E-state index contributed by atoms with van der Waals surface area (Å²) in [4.78, 5) is 22.2. The fraction of sp³-hybridized carbons (Fsp3) is 0.133. The number of ether oxygens (including phenoxy) is 1. The normalized spacial score (nSPS) is 10.7. The predicted octanol–water partition coefficient (Wildman–Crippen LogP) is 1.93. The molecule has 6 nitrogen and oxygen atoms in total. The van der Waals surface area contributed by atoms with Crippen molar-refractivity contribution < 1.29 is 14.6 Å². The van der Waals surface area contributed by atoms with Crippen LogP contribution in [-0.2, 0) is 4.79 Å². The molecule has 0 saturated carbocycles. The van der Waals surface area contributed by atoms with Crippen LogP contribution in [0, 0.1) is 0 Å². The molecule has 0 unspecified atom stereocenters. The summed E-state index contributed by atoms with van der Waals surface area (Å²) in [7, 11) is 0. The predicted molar refractivity (Wildman–Crippen MR) is 78.1 cm³/mol. The molecule has 2 aromatic rings. The number of H-pyrrole nitrogens is 1. The van der Waals surface area contributed by atoms with Gasteiger partial charge in [-0.25, -0.2) is 9.89 Å². The zero-order valence-corrected chi connectivity index (χ0v) is 11.4. The van der Waals surface area contributed by atoms with E-state index in [0.29, 0.717) is 18.1 Å². The topological polar surface area (TPSA) is 92.3 Å². The molecule has 0 aliphatic rings. The van der Waals surface area contributed by atoms with Crippen molar-refractivity contribution in [3.8, 4) is 17.0 Å². The van der Waals surface area contributed by atoms with Crippen LogP contribution < -0.4 is 10.3 Å². The number of rotatable bonds is 5. The first kappa shape index (κ1) is 14.5. The molecule has 0 atom stereocenters. The number of carboxylic acid groups (broad SMARTS) is 1. The van der Waals surface area contributed by atoms with E-state index in [9.17, 15) is 9.59 Å². The zero-order valence-electron chi connectivity index (χ0n) is 11.4.